The van der Waals surface area contributed by atoms with E-state index in [1.165, 1.54) is 0 Å². The number of ether oxygens (including phenoxy) is 1. The van der Waals surface area contributed by atoms with E-state index in [4.69, 9.17) is 4.74 Å². The Kier molecular flexibility index (Phi) is 5.38. The molecule has 0 bridgehead atoms. The normalized spacial score (nSPS) is 10.2. The Bertz CT molecular complexity index is 608. The summed E-state index contributed by atoms with van der Waals surface area (Å²) in [5.74, 6) is 0.888. The first-order valence-electron chi connectivity index (χ1n) is 7.27. The Labute approximate surface area is 126 Å². The van der Waals surface area contributed by atoms with Gasteiger partial charge >= 0.3 is 0 Å². The first kappa shape index (κ1) is 15.1. The minimum absolute atomic E-state index is 0.0237. The first-order chi connectivity index (χ1) is 10.2. The number of nitrogens with one attached hydrogen (secondary N) is 1. The number of hydrogen-bond donors (Lipinski definition) is 1. The maximum atomic E-state index is 12.1. The molecule has 0 spiro atoms. The lowest BCUT2D eigenvalue weighted by Gasteiger charge is -2.11. The summed E-state index contributed by atoms with van der Waals surface area (Å²) in [7, 11) is 0. The monoisotopic (exact) mass is 283 g/mol. The quantitative estimate of drug-likeness (QED) is 0.871. The van der Waals surface area contributed by atoms with Crippen molar-refractivity contribution < 1.29 is 9.53 Å². The van der Waals surface area contributed by atoms with Crippen molar-refractivity contribution in [3.63, 3.8) is 0 Å². The molecule has 110 valence electrons. The van der Waals surface area contributed by atoms with Gasteiger partial charge in [0, 0.05) is 12.1 Å². The van der Waals surface area contributed by atoms with Crippen molar-refractivity contribution in [2.75, 3.05) is 11.9 Å². The van der Waals surface area contributed by atoms with Crippen LogP contribution in [-0.4, -0.2) is 12.5 Å². The minimum Gasteiger partial charge on any atom is -0.494 e. The molecule has 0 fully saturated rings. The zero-order valence-electron chi connectivity index (χ0n) is 12.6. The third-order valence-electron chi connectivity index (χ3n) is 3.31. The molecule has 0 unspecified atom stereocenters. The van der Waals surface area contributed by atoms with Crippen LogP contribution in [0, 0.1) is 6.92 Å². The highest BCUT2D eigenvalue weighted by atomic mass is 16.5. The van der Waals surface area contributed by atoms with Crippen LogP contribution in [0.5, 0.6) is 5.75 Å². The van der Waals surface area contributed by atoms with E-state index in [2.05, 4.69) is 5.32 Å². The Morgan fingerprint density at radius 2 is 1.81 bits per heavy atom. The smallest absolute Gasteiger partial charge is 0.224 e. The van der Waals surface area contributed by atoms with Gasteiger partial charge in [-0.25, -0.2) is 0 Å². The van der Waals surface area contributed by atoms with Gasteiger partial charge in [-0.15, -0.1) is 0 Å². The molecule has 0 heterocycles. The molecule has 0 radical (unpaired) electrons. The number of hydrogen-bond acceptors (Lipinski definition) is 2. The van der Waals surface area contributed by atoms with E-state index in [9.17, 15) is 4.79 Å². The molecule has 21 heavy (non-hydrogen) atoms. The molecular formula is C18H21NO2. The third-order valence-corrected chi connectivity index (χ3v) is 3.31. The van der Waals surface area contributed by atoms with Crippen molar-refractivity contribution >= 4 is 11.6 Å². The molecule has 2 aromatic rings. The number of carbonyl (C=O) groups is 1. The zero-order chi connectivity index (χ0) is 15.1. The topological polar surface area (TPSA) is 38.3 Å². The molecule has 3 nitrogen and oxygen atoms in total. The molecule has 0 saturated carbocycles. The van der Waals surface area contributed by atoms with Crippen LogP contribution in [0.1, 0.15) is 24.5 Å². The molecule has 2 rings (SSSR count). The number of carbonyl (C=O) groups excluding carboxylic acids is 1. The lowest BCUT2D eigenvalue weighted by molar-refractivity contribution is -0.116. The number of benzene rings is 2. The van der Waals surface area contributed by atoms with Gasteiger partial charge in [0.15, 0.2) is 0 Å². The second-order valence-corrected chi connectivity index (χ2v) is 4.90. The lowest BCUT2D eigenvalue weighted by atomic mass is 10.1. The summed E-state index contributed by atoms with van der Waals surface area (Å²) in [6.45, 7) is 4.58. The van der Waals surface area contributed by atoms with Gasteiger partial charge in [-0.2, -0.15) is 0 Å². The molecule has 0 aliphatic carbocycles. The van der Waals surface area contributed by atoms with Crippen molar-refractivity contribution in [3.8, 4) is 5.75 Å². The number of amides is 1. The van der Waals surface area contributed by atoms with E-state index in [0.717, 1.165) is 22.6 Å². The van der Waals surface area contributed by atoms with Gasteiger partial charge in [-0.1, -0.05) is 36.4 Å². The van der Waals surface area contributed by atoms with Crippen LogP contribution in [-0.2, 0) is 11.2 Å². The molecule has 0 aromatic heterocycles. The van der Waals surface area contributed by atoms with Crippen LogP contribution in [0.2, 0.25) is 0 Å². The second-order valence-electron chi connectivity index (χ2n) is 4.90. The number of anilines is 1. The third kappa shape index (κ3) is 4.35. The Balaban J connectivity index is 1.94. The highest BCUT2D eigenvalue weighted by molar-refractivity contribution is 5.91. The molecule has 3 heteroatoms. The summed E-state index contributed by atoms with van der Waals surface area (Å²) >= 11 is 0. The van der Waals surface area contributed by atoms with E-state index in [0.29, 0.717) is 19.4 Å². The van der Waals surface area contributed by atoms with Gasteiger partial charge < -0.3 is 10.1 Å². The molecule has 1 N–H and O–H groups in total. The summed E-state index contributed by atoms with van der Waals surface area (Å²) in [4.78, 5) is 12.1. The van der Waals surface area contributed by atoms with Gasteiger partial charge in [0.05, 0.1) is 6.61 Å². The van der Waals surface area contributed by atoms with E-state index >= 15 is 0 Å². The van der Waals surface area contributed by atoms with Crippen LogP contribution in [0.3, 0.4) is 0 Å². The summed E-state index contributed by atoms with van der Waals surface area (Å²) in [6, 6.07) is 15.7. The maximum Gasteiger partial charge on any atom is 0.224 e. The van der Waals surface area contributed by atoms with Crippen molar-refractivity contribution in [1.29, 1.82) is 0 Å². The van der Waals surface area contributed by atoms with E-state index < -0.39 is 0 Å². The fraction of sp³-hybridized carbons (Fsp3) is 0.278. The van der Waals surface area contributed by atoms with Gasteiger partial charge in [0.2, 0.25) is 5.91 Å². The largest absolute Gasteiger partial charge is 0.494 e. The summed E-state index contributed by atoms with van der Waals surface area (Å²) in [6.07, 6.45) is 1.12. The number of aryl methyl sites for hydroxylation is 2. The molecule has 0 saturated heterocycles. The van der Waals surface area contributed by atoms with Crippen LogP contribution < -0.4 is 10.1 Å². The number of para-hydroxylation sites is 2. The highest BCUT2D eigenvalue weighted by Gasteiger charge is 2.07. The highest BCUT2D eigenvalue weighted by Crippen LogP contribution is 2.20. The van der Waals surface area contributed by atoms with Crippen molar-refractivity contribution in [3.05, 3.63) is 59.7 Å². The van der Waals surface area contributed by atoms with E-state index in [1.807, 2.05) is 62.4 Å². The lowest BCUT2D eigenvalue weighted by Crippen LogP contribution is -2.13. The molecule has 0 aliphatic rings. The van der Waals surface area contributed by atoms with Crippen molar-refractivity contribution in [1.82, 2.24) is 0 Å². The Morgan fingerprint density at radius 1 is 1.10 bits per heavy atom. The average molecular weight is 283 g/mol. The summed E-state index contributed by atoms with van der Waals surface area (Å²) in [5, 5.41) is 2.95. The first-order valence-corrected chi connectivity index (χ1v) is 7.27. The second kappa shape index (κ2) is 7.48. The van der Waals surface area contributed by atoms with Gasteiger partial charge in [0.25, 0.3) is 0 Å². The van der Waals surface area contributed by atoms with Crippen LogP contribution in [0.25, 0.3) is 0 Å². The molecular weight excluding hydrogens is 262 g/mol. The summed E-state index contributed by atoms with van der Waals surface area (Å²) < 4.78 is 5.57. The molecule has 2 aromatic carbocycles. The SMILES string of the molecule is CCOc1ccccc1CCC(=O)Nc1ccccc1C. The van der Waals surface area contributed by atoms with E-state index in [1.54, 1.807) is 0 Å². The number of rotatable bonds is 6. The fourth-order valence-electron chi connectivity index (χ4n) is 2.18. The van der Waals surface area contributed by atoms with E-state index in [-0.39, 0.29) is 5.91 Å². The predicted octanol–water partition coefficient (Wildman–Crippen LogP) is 3.97. The zero-order valence-corrected chi connectivity index (χ0v) is 12.6. The molecule has 0 aliphatic heterocycles. The average Bonchev–Trinajstić information content (AvgIpc) is 2.49. The van der Waals surface area contributed by atoms with Crippen LogP contribution in [0.4, 0.5) is 5.69 Å². The van der Waals surface area contributed by atoms with Crippen molar-refractivity contribution in [2.24, 2.45) is 0 Å². The summed E-state index contributed by atoms with van der Waals surface area (Å²) in [5.41, 5.74) is 3.01. The molecule has 1 amide bonds. The fourth-order valence-corrected chi connectivity index (χ4v) is 2.18. The van der Waals surface area contributed by atoms with Crippen LogP contribution in [0.15, 0.2) is 48.5 Å². The van der Waals surface area contributed by atoms with Crippen molar-refractivity contribution in [2.45, 2.75) is 26.7 Å². The van der Waals surface area contributed by atoms with Crippen LogP contribution >= 0.6 is 0 Å². The maximum absolute atomic E-state index is 12.1. The minimum atomic E-state index is 0.0237. The standard InChI is InChI=1S/C18H21NO2/c1-3-21-17-11-7-5-9-15(17)12-13-18(20)19-16-10-6-4-8-14(16)2/h4-11H,3,12-13H2,1-2H3,(H,19,20). The van der Waals surface area contributed by atoms with Gasteiger partial charge in [-0.05, 0) is 43.5 Å². The Morgan fingerprint density at radius 3 is 2.57 bits per heavy atom. The molecule has 0 atom stereocenters. The van der Waals surface area contributed by atoms with Gasteiger partial charge in [0.1, 0.15) is 5.75 Å². The predicted molar refractivity (Wildman–Crippen MR) is 85.7 cm³/mol. The Hall–Kier alpha value is -2.29. The van der Waals surface area contributed by atoms with Gasteiger partial charge in [-0.3, -0.25) is 4.79 Å².